The van der Waals surface area contributed by atoms with E-state index < -0.39 is 10.8 Å². The molecular formula is C16H26O4Zn. The summed E-state index contributed by atoms with van der Waals surface area (Å²) in [6, 6.07) is 0. The van der Waals surface area contributed by atoms with E-state index in [4.69, 9.17) is 0 Å². The van der Waals surface area contributed by atoms with E-state index in [-0.39, 0.29) is 55.5 Å². The van der Waals surface area contributed by atoms with Gasteiger partial charge in [0.25, 0.3) is 0 Å². The number of carbonyl (C=O) groups excluding carboxylic acids is 4. The van der Waals surface area contributed by atoms with Crippen molar-refractivity contribution in [3.05, 3.63) is 13.8 Å². The second-order valence-electron chi connectivity index (χ2n) is 6.78. The summed E-state index contributed by atoms with van der Waals surface area (Å²) in [7, 11) is 0. The third-order valence-corrected chi connectivity index (χ3v) is 2.39. The molecule has 0 radical (unpaired) electrons. The molecule has 0 amide bonds. The molecule has 0 aliphatic heterocycles. The first-order valence-corrected chi connectivity index (χ1v) is 6.44. The van der Waals surface area contributed by atoms with Gasteiger partial charge >= 0.3 is 19.5 Å². The smallest absolute Gasteiger partial charge is 0.339 e. The van der Waals surface area contributed by atoms with Gasteiger partial charge in [-0.2, -0.15) is 0 Å². The van der Waals surface area contributed by atoms with Crippen LogP contribution in [0, 0.1) is 24.7 Å². The quantitative estimate of drug-likeness (QED) is 0.445. The van der Waals surface area contributed by atoms with Crippen molar-refractivity contribution in [1.82, 2.24) is 0 Å². The van der Waals surface area contributed by atoms with E-state index in [0.717, 1.165) is 0 Å². The fourth-order valence-electron chi connectivity index (χ4n) is 0.888. The van der Waals surface area contributed by atoms with Gasteiger partial charge < -0.3 is 23.4 Å². The predicted molar refractivity (Wildman–Crippen MR) is 78.9 cm³/mol. The Bertz CT molecular complexity index is 346. The van der Waals surface area contributed by atoms with Crippen LogP contribution < -0.4 is 0 Å². The molecular weight excluding hydrogens is 322 g/mol. The first kappa shape index (κ1) is 25.0. The van der Waals surface area contributed by atoms with Crippen LogP contribution in [0.4, 0.5) is 0 Å². The van der Waals surface area contributed by atoms with Gasteiger partial charge in [0.05, 0.1) is 0 Å². The molecule has 0 aromatic rings. The molecule has 5 heteroatoms. The number of Topliss-reactive ketones (excluding diaryl/α,β-unsaturated/α-hetero) is 4. The number of rotatable bonds is 4. The largest absolute Gasteiger partial charge is 2.00 e. The Kier molecular flexibility index (Phi) is 11.8. The molecule has 0 N–H and O–H groups in total. The molecule has 21 heavy (non-hydrogen) atoms. The molecule has 0 rings (SSSR count). The number of carbonyl (C=O) groups is 4. The Balaban J connectivity index is -0.000000295. The molecule has 0 aliphatic carbocycles. The van der Waals surface area contributed by atoms with Crippen LogP contribution in [-0.2, 0) is 38.7 Å². The van der Waals surface area contributed by atoms with E-state index >= 15 is 0 Å². The molecule has 4 nitrogen and oxygen atoms in total. The van der Waals surface area contributed by atoms with Crippen LogP contribution in [-0.4, -0.2) is 23.1 Å². The van der Waals surface area contributed by atoms with Gasteiger partial charge in [-0.15, -0.1) is 0 Å². The Hall–Kier alpha value is -0.957. The Morgan fingerprint density at radius 1 is 0.667 bits per heavy atom. The molecule has 0 unspecified atom stereocenters. The standard InChI is InChI=1S/2C8H13O2.Zn/c2*1-6(9)5-7(10)8(2,3)4;/h2*1,5H2,2-4H3;/q2*-1;+2. The molecule has 0 saturated carbocycles. The summed E-state index contributed by atoms with van der Waals surface area (Å²) < 4.78 is 0. The predicted octanol–water partition coefficient (Wildman–Crippen LogP) is 2.79. The summed E-state index contributed by atoms with van der Waals surface area (Å²) in [6.07, 6.45) is -0.0764. The van der Waals surface area contributed by atoms with Crippen LogP contribution in [0.2, 0.25) is 0 Å². The van der Waals surface area contributed by atoms with Gasteiger partial charge in [0, 0.05) is 35.2 Å². The average molecular weight is 348 g/mol. The normalized spacial score (nSPS) is 10.6. The third-order valence-electron chi connectivity index (χ3n) is 2.39. The monoisotopic (exact) mass is 346 g/mol. The first-order valence-electron chi connectivity index (χ1n) is 6.44. The Morgan fingerprint density at radius 3 is 0.905 bits per heavy atom. The Labute approximate surface area is 141 Å². The van der Waals surface area contributed by atoms with E-state index in [0.29, 0.717) is 0 Å². The molecule has 0 fully saturated rings. The van der Waals surface area contributed by atoms with E-state index in [1.54, 1.807) is 41.5 Å². The van der Waals surface area contributed by atoms with Gasteiger partial charge in [-0.05, 0) is 0 Å². The zero-order chi connectivity index (χ0) is 16.7. The maximum atomic E-state index is 11.0. The van der Waals surface area contributed by atoms with Gasteiger partial charge in [-0.25, -0.2) is 0 Å². The van der Waals surface area contributed by atoms with Crippen LogP contribution >= 0.6 is 0 Å². The summed E-state index contributed by atoms with van der Waals surface area (Å²) in [6.45, 7) is 17.0. The molecule has 0 atom stereocenters. The number of hydrogen-bond acceptors (Lipinski definition) is 4. The average Bonchev–Trinajstić information content (AvgIpc) is 2.13. The second kappa shape index (κ2) is 9.89. The van der Waals surface area contributed by atoms with Crippen molar-refractivity contribution < 1.29 is 38.7 Å². The molecule has 116 valence electrons. The van der Waals surface area contributed by atoms with Crippen LogP contribution in [0.3, 0.4) is 0 Å². The van der Waals surface area contributed by atoms with Gasteiger partial charge in [0.15, 0.2) is 0 Å². The zero-order valence-corrected chi connectivity index (χ0v) is 17.1. The second-order valence-corrected chi connectivity index (χ2v) is 6.78. The summed E-state index contributed by atoms with van der Waals surface area (Å²) in [5.41, 5.74) is -0.819. The third kappa shape index (κ3) is 15.3. The van der Waals surface area contributed by atoms with Gasteiger partial charge in [0.1, 0.15) is 11.6 Å². The maximum absolute atomic E-state index is 11.0. The summed E-state index contributed by atoms with van der Waals surface area (Å²) in [5, 5.41) is 0. The summed E-state index contributed by atoms with van der Waals surface area (Å²) in [5.74, 6) is -0.708. The molecule has 0 saturated heterocycles. The van der Waals surface area contributed by atoms with Gasteiger partial charge in [-0.1, -0.05) is 41.5 Å². The van der Waals surface area contributed by atoms with Crippen molar-refractivity contribution in [3.63, 3.8) is 0 Å². The van der Waals surface area contributed by atoms with E-state index in [1.165, 1.54) is 0 Å². The Morgan fingerprint density at radius 2 is 0.857 bits per heavy atom. The van der Waals surface area contributed by atoms with Crippen LogP contribution in [0.5, 0.6) is 0 Å². The van der Waals surface area contributed by atoms with Crippen molar-refractivity contribution in [2.75, 3.05) is 0 Å². The van der Waals surface area contributed by atoms with Gasteiger partial charge in [-0.3, -0.25) is 9.59 Å². The minimum absolute atomic E-state index is 0. The fourth-order valence-corrected chi connectivity index (χ4v) is 0.888. The fraction of sp³-hybridized carbons (Fsp3) is 0.625. The molecule has 0 aliphatic rings. The van der Waals surface area contributed by atoms with Crippen LogP contribution in [0.1, 0.15) is 54.4 Å². The topological polar surface area (TPSA) is 68.3 Å². The molecule has 0 aromatic heterocycles. The van der Waals surface area contributed by atoms with Crippen LogP contribution in [0.15, 0.2) is 0 Å². The van der Waals surface area contributed by atoms with Crippen molar-refractivity contribution >= 4 is 23.1 Å². The SMILES string of the molecule is [CH2-]C(=O)CC(=O)C(C)(C)C.[CH2-]C(=O)CC(=O)C(C)(C)C.[Zn+2]. The number of hydrogen-bond donors (Lipinski definition) is 0. The van der Waals surface area contributed by atoms with Crippen molar-refractivity contribution in [2.45, 2.75) is 54.4 Å². The first-order chi connectivity index (χ1) is 8.67. The van der Waals surface area contributed by atoms with Crippen LogP contribution in [0.25, 0.3) is 0 Å². The molecule has 0 spiro atoms. The minimum Gasteiger partial charge on any atom is -0.339 e. The minimum atomic E-state index is -0.409. The summed E-state index contributed by atoms with van der Waals surface area (Å²) >= 11 is 0. The van der Waals surface area contributed by atoms with Gasteiger partial charge in [0.2, 0.25) is 0 Å². The van der Waals surface area contributed by atoms with E-state index in [9.17, 15) is 19.2 Å². The van der Waals surface area contributed by atoms with Crippen molar-refractivity contribution in [3.8, 4) is 0 Å². The van der Waals surface area contributed by atoms with Crippen molar-refractivity contribution in [1.29, 1.82) is 0 Å². The maximum Gasteiger partial charge on any atom is 2.00 e. The number of ketones is 4. The van der Waals surface area contributed by atoms with Crippen molar-refractivity contribution in [2.24, 2.45) is 10.8 Å². The molecule has 0 aromatic carbocycles. The molecule has 0 bridgehead atoms. The van der Waals surface area contributed by atoms with E-state index in [1.807, 2.05) is 0 Å². The zero-order valence-electron chi connectivity index (χ0n) is 14.2. The van der Waals surface area contributed by atoms with E-state index in [2.05, 4.69) is 13.8 Å². The summed E-state index contributed by atoms with van der Waals surface area (Å²) in [4.78, 5) is 42.8. The molecule has 0 heterocycles.